The van der Waals surface area contributed by atoms with Crippen molar-refractivity contribution in [2.75, 3.05) is 13.7 Å². The molecule has 0 fully saturated rings. The van der Waals surface area contributed by atoms with Crippen LogP contribution in [0.3, 0.4) is 0 Å². The maximum absolute atomic E-state index is 11.0. The zero-order valence-corrected chi connectivity index (χ0v) is 9.57. The standard InChI is InChI=1S/C11H13ClO4/c1-16-10-3-2-7(6-9(10)12)8(4-5-13)11(14)15/h2-3,6,8,13H,4-5H2,1H3,(H,14,15). The summed E-state index contributed by atoms with van der Waals surface area (Å²) in [5.41, 5.74) is 0.562. The minimum atomic E-state index is -0.977. The monoisotopic (exact) mass is 244 g/mol. The number of hydrogen-bond donors (Lipinski definition) is 2. The quantitative estimate of drug-likeness (QED) is 0.830. The average Bonchev–Trinajstić information content (AvgIpc) is 2.25. The van der Waals surface area contributed by atoms with Crippen LogP contribution in [0.2, 0.25) is 5.02 Å². The summed E-state index contributed by atoms with van der Waals surface area (Å²) >= 11 is 5.90. The van der Waals surface area contributed by atoms with E-state index in [2.05, 4.69) is 0 Å². The molecule has 0 radical (unpaired) electrons. The van der Waals surface area contributed by atoms with E-state index in [1.54, 1.807) is 18.2 Å². The van der Waals surface area contributed by atoms with Gasteiger partial charge in [0.05, 0.1) is 18.1 Å². The molecule has 0 saturated carbocycles. The third-order valence-electron chi connectivity index (χ3n) is 2.29. The lowest BCUT2D eigenvalue weighted by Gasteiger charge is -2.12. The van der Waals surface area contributed by atoms with Crippen molar-refractivity contribution < 1.29 is 19.7 Å². The van der Waals surface area contributed by atoms with Crippen LogP contribution in [-0.2, 0) is 4.79 Å². The lowest BCUT2D eigenvalue weighted by atomic mass is 9.96. The van der Waals surface area contributed by atoms with Crippen molar-refractivity contribution in [3.8, 4) is 5.75 Å². The van der Waals surface area contributed by atoms with Gasteiger partial charge in [-0.1, -0.05) is 17.7 Å². The number of halogens is 1. The van der Waals surface area contributed by atoms with Gasteiger partial charge in [-0.25, -0.2) is 0 Å². The summed E-state index contributed by atoms with van der Waals surface area (Å²) in [4.78, 5) is 11.0. The lowest BCUT2D eigenvalue weighted by Crippen LogP contribution is -2.13. The van der Waals surface area contributed by atoms with E-state index in [0.29, 0.717) is 16.3 Å². The Morgan fingerprint density at radius 1 is 1.56 bits per heavy atom. The van der Waals surface area contributed by atoms with E-state index in [1.165, 1.54) is 7.11 Å². The fraction of sp³-hybridized carbons (Fsp3) is 0.364. The molecule has 88 valence electrons. The van der Waals surface area contributed by atoms with Crippen LogP contribution < -0.4 is 4.74 Å². The molecule has 1 aromatic rings. The molecular formula is C11H13ClO4. The van der Waals surface area contributed by atoms with Gasteiger partial charge >= 0.3 is 5.97 Å². The van der Waals surface area contributed by atoms with Crippen LogP contribution >= 0.6 is 11.6 Å². The third kappa shape index (κ3) is 2.87. The van der Waals surface area contributed by atoms with Crippen LogP contribution in [0.5, 0.6) is 5.75 Å². The van der Waals surface area contributed by atoms with Crippen molar-refractivity contribution >= 4 is 17.6 Å². The van der Waals surface area contributed by atoms with Gasteiger partial charge in [0, 0.05) is 6.61 Å². The SMILES string of the molecule is COc1ccc(C(CCO)C(=O)O)cc1Cl. The number of aliphatic carboxylic acids is 1. The highest BCUT2D eigenvalue weighted by Gasteiger charge is 2.20. The molecule has 1 atom stereocenters. The number of carbonyl (C=O) groups is 1. The first-order chi connectivity index (χ1) is 7.60. The second kappa shape index (κ2) is 5.72. The molecule has 0 aliphatic rings. The van der Waals surface area contributed by atoms with Gasteiger partial charge in [-0.3, -0.25) is 4.79 Å². The molecule has 4 nitrogen and oxygen atoms in total. The number of ether oxygens (including phenoxy) is 1. The Morgan fingerprint density at radius 2 is 2.25 bits per heavy atom. The number of aliphatic hydroxyl groups is 1. The molecule has 0 spiro atoms. The Kier molecular flexibility index (Phi) is 4.58. The Labute approximate surface area is 98.4 Å². The van der Waals surface area contributed by atoms with Crippen molar-refractivity contribution in [2.45, 2.75) is 12.3 Å². The van der Waals surface area contributed by atoms with Crippen molar-refractivity contribution in [3.05, 3.63) is 28.8 Å². The van der Waals surface area contributed by atoms with Gasteiger partial charge in [0.25, 0.3) is 0 Å². The number of hydrogen-bond acceptors (Lipinski definition) is 3. The van der Waals surface area contributed by atoms with E-state index in [-0.39, 0.29) is 13.0 Å². The second-order valence-corrected chi connectivity index (χ2v) is 3.70. The molecule has 0 aliphatic heterocycles. The lowest BCUT2D eigenvalue weighted by molar-refractivity contribution is -0.139. The molecular weight excluding hydrogens is 232 g/mol. The van der Waals surface area contributed by atoms with Crippen LogP contribution in [0, 0.1) is 0 Å². The van der Waals surface area contributed by atoms with Gasteiger partial charge < -0.3 is 14.9 Å². The van der Waals surface area contributed by atoms with Crippen LogP contribution in [-0.4, -0.2) is 29.9 Å². The average molecular weight is 245 g/mol. The Morgan fingerprint density at radius 3 is 2.69 bits per heavy atom. The topological polar surface area (TPSA) is 66.8 Å². The fourth-order valence-corrected chi connectivity index (χ4v) is 1.73. The molecule has 5 heteroatoms. The molecule has 0 aliphatic carbocycles. The van der Waals surface area contributed by atoms with Crippen molar-refractivity contribution in [1.82, 2.24) is 0 Å². The van der Waals surface area contributed by atoms with Crippen LogP contribution in [0.4, 0.5) is 0 Å². The highest BCUT2D eigenvalue weighted by molar-refractivity contribution is 6.32. The molecule has 2 N–H and O–H groups in total. The van der Waals surface area contributed by atoms with Crippen LogP contribution in [0.1, 0.15) is 17.9 Å². The molecule has 16 heavy (non-hydrogen) atoms. The zero-order valence-electron chi connectivity index (χ0n) is 8.81. The Bertz CT molecular complexity index is 378. The van der Waals surface area contributed by atoms with Crippen molar-refractivity contribution in [2.24, 2.45) is 0 Å². The summed E-state index contributed by atoms with van der Waals surface area (Å²) in [6, 6.07) is 4.80. The third-order valence-corrected chi connectivity index (χ3v) is 2.59. The number of carboxylic acids is 1. The smallest absolute Gasteiger partial charge is 0.311 e. The predicted octanol–water partition coefficient (Wildman–Crippen LogP) is 1.90. The summed E-state index contributed by atoms with van der Waals surface area (Å²) in [7, 11) is 1.49. The number of methoxy groups -OCH3 is 1. The van der Waals surface area contributed by atoms with Gasteiger partial charge in [-0.2, -0.15) is 0 Å². The van der Waals surface area contributed by atoms with E-state index < -0.39 is 11.9 Å². The first-order valence-corrected chi connectivity index (χ1v) is 5.15. The summed E-state index contributed by atoms with van der Waals surface area (Å²) in [6.45, 7) is -0.180. The molecule has 0 saturated heterocycles. The van der Waals surface area contributed by atoms with Crippen LogP contribution in [0.25, 0.3) is 0 Å². The minimum absolute atomic E-state index is 0.165. The fourth-order valence-electron chi connectivity index (χ4n) is 1.46. The molecule has 0 bridgehead atoms. The predicted molar refractivity (Wildman–Crippen MR) is 60.1 cm³/mol. The summed E-state index contributed by atoms with van der Waals surface area (Å²) in [5, 5.41) is 18.2. The molecule has 0 aromatic heterocycles. The van der Waals surface area contributed by atoms with Gasteiger partial charge in [0.2, 0.25) is 0 Å². The van der Waals surface area contributed by atoms with Crippen molar-refractivity contribution in [1.29, 1.82) is 0 Å². The van der Waals surface area contributed by atoms with E-state index in [1.807, 2.05) is 0 Å². The number of rotatable bonds is 5. The van der Waals surface area contributed by atoms with Gasteiger partial charge in [-0.05, 0) is 24.1 Å². The second-order valence-electron chi connectivity index (χ2n) is 3.30. The minimum Gasteiger partial charge on any atom is -0.495 e. The number of carboxylic acid groups (broad SMARTS) is 1. The van der Waals surface area contributed by atoms with Gasteiger partial charge in [0.1, 0.15) is 5.75 Å². The van der Waals surface area contributed by atoms with E-state index >= 15 is 0 Å². The highest BCUT2D eigenvalue weighted by atomic mass is 35.5. The number of aliphatic hydroxyl groups excluding tert-OH is 1. The molecule has 1 unspecified atom stereocenters. The maximum atomic E-state index is 11.0. The highest BCUT2D eigenvalue weighted by Crippen LogP contribution is 2.29. The molecule has 0 heterocycles. The number of benzene rings is 1. The summed E-state index contributed by atoms with van der Waals surface area (Å²) in [6.07, 6.45) is 0.165. The van der Waals surface area contributed by atoms with Gasteiger partial charge in [0.15, 0.2) is 0 Å². The van der Waals surface area contributed by atoms with E-state index in [9.17, 15) is 4.79 Å². The largest absolute Gasteiger partial charge is 0.495 e. The zero-order chi connectivity index (χ0) is 12.1. The van der Waals surface area contributed by atoms with Crippen LogP contribution in [0.15, 0.2) is 18.2 Å². The molecule has 1 rings (SSSR count). The molecule has 0 amide bonds. The molecule has 1 aromatic carbocycles. The first kappa shape index (κ1) is 12.8. The summed E-state index contributed by atoms with van der Waals surface area (Å²) < 4.78 is 4.97. The van der Waals surface area contributed by atoms with E-state index in [0.717, 1.165) is 0 Å². The normalized spacial score (nSPS) is 12.2. The Hall–Kier alpha value is -1.26. The maximum Gasteiger partial charge on any atom is 0.311 e. The Balaban J connectivity index is 3.01. The first-order valence-electron chi connectivity index (χ1n) is 4.77. The van der Waals surface area contributed by atoms with E-state index in [4.69, 9.17) is 26.6 Å². The van der Waals surface area contributed by atoms with Gasteiger partial charge in [-0.15, -0.1) is 0 Å². The van der Waals surface area contributed by atoms with Crippen molar-refractivity contribution in [3.63, 3.8) is 0 Å². The summed E-state index contributed by atoms with van der Waals surface area (Å²) in [5.74, 6) is -1.22.